The maximum absolute atomic E-state index is 9.40. The molecule has 2 rings (SSSR count). The van der Waals surface area contributed by atoms with E-state index in [2.05, 4.69) is 37.7 Å². The number of amidine groups is 1. The smallest absolute Gasteiger partial charge is 0.137 e. The Labute approximate surface area is 196 Å². The first-order valence-electron chi connectivity index (χ1n) is 11.0. The third-order valence-electron chi connectivity index (χ3n) is 5.85. The van der Waals surface area contributed by atoms with Crippen LogP contribution >= 0.6 is 0 Å². The van der Waals surface area contributed by atoms with Crippen molar-refractivity contribution in [3.05, 3.63) is 70.7 Å². The summed E-state index contributed by atoms with van der Waals surface area (Å²) in [5, 5.41) is 21.9. The predicted octanol–water partition coefficient (Wildman–Crippen LogP) is 3.64. The molecule has 0 saturated carbocycles. The summed E-state index contributed by atoms with van der Waals surface area (Å²) in [6.07, 6.45) is 6.86. The molecule has 8 heteroatoms. The van der Waals surface area contributed by atoms with E-state index in [4.69, 9.17) is 22.7 Å². The van der Waals surface area contributed by atoms with Crippen LogP contribution in [-0.2, 0) is 0 Å². The Balaban J connectivity index is 2.32. The first kappa shape index (κ1) is 25.9. The van der Waals surface area contributed by atoms with E-state index >= 15 is 0 Å². The summed E-state index contributed by atoms with van der Waals surface area (Å²) < 4.78 is 0. The number of hydrazine groups is 1. The number of benzene rings is 1. The number of nitrogen functional groups attached to an aromatic ring is 1. The van der Waals surface area contributed by atoms with Crippen LogP contribution in [0.25, 0.3) is 0 Å². The van der Waals surface area contributed by atoms with E-state index in [1.165, 1.54) is 29.8 Å². The lowest BCUT2D eigenvalue weighted by molar-refractivity contribution is 0.222. The second-order valence-electron chi connectivity index (χ2n) is 8.48. The van der Waals surface area contributed by atoms with Crippen LogP contribution in [0.2, 0.25) is 0 Å². The fraction of sp³-hybridized carbons (Fsp3) is 0.360. The topological polar surface area (TPSA) is 150 Å². The Morgan fingerprint density at radius 1 is 1.39 bits per heavy atom. The van der Waals surface area contributed by atoms with Crippen LogP contribution in [0.4, 0.5) is 11.4 Å². The zero-order chi connectivity index (χ0) is 24.5. The van der Waals surface area contributed by atoms with Gasteiger partial charge in [-0.3, -0.25) is 0 Å². The summed E-state index contributed by atoms with van der Waals surface area (Å²) in [5.41, 5.74) is 18.8. The summed E-state index contributed by atoms with van der Waals surface area (Å²) in [4.78, 5) is 4.55. The Kier molecular flexibility index (Phi) is 9.44. The fourth-order valence-electron chi connectivity index (χ4n) is 4.20. The van der Waals surface area contributed by atoms with E-state index in [1.54, 1.807) is 11.1 Å². The predicted molar refractivity (Wildman–Crippen MR) is 139 cm³/mol. The van der Waals surface area contributed by atoms with Crippen molar-refractivity contribution in [1.82, 2.24) is 5.01 Å². The molecule has 1 unspecified atom stereocenters. The van der Waals surface area contributed by atoms with Crippen molar-refractivity contribution in [2.24, 2.45) is 22.5 Å². The molecule has 1 aliphatic carbocycles. The molecule has 0 bridgehead atoms. The van der Waals surface area contributed by atoms with Gasteiger partial charge in [0.05, 0.1) is 12.3 Å². The van der Waals surface area contributed by atoms with Gasteiger partial charge in [-0.25, -0.2) is 10.8 Å². The highest BCUT2D eigenvalue weighted by Gasteiger charge is 2.25. The number of hydrogen-bond acceptors (Lipinski definition) is 7. The Morgan fingerprint density at radius 3 is 2.67 bits per heavy atom. The van der Waals surface area contributed by atoms with Crippen LogP contribution in [-0.4, -0.2) is 35.3 Å². The van der Waals surface area contributed by atoms with Crippen LogP contribution < -0.4 is 22.6 Å². The molecule has 0 radical (unpaired) electrons. The number of allylic oxidation sites excluding steroid dienone is 2. The molecule has 0 amide bonds. The van der Waals surface area contributed by atoms with Gasteiger partial charge in [-0.2, -0.15) is 0 Å². The van der Waals surface area contributed by atoms with Gasteiger partial charge in [-0.1, -0.05) is 17.7 Å². The summed E-state index contributed by atoms with van der Waals surface area (Å²) in [6.45, 7) is 10.6. The van der Waals surface area contributed by atoms with Crippen molar-refractivity contribution in [3.63, 3.8) is 0 Å². The number of nitrogens with two attached hydrogens (primary N) is 3. The highest BCUT2D eigenvalue weighted by atomic mass is 16.3. The molecule has 1 aromatic carbocycles. The zero-order valence-electron chi connectivity index (χ0n) is 19.9. The molecular weight excluding hydrogens is 414 g/mol. The van der Waals surface area contributed by atoms with Gasteiger partial charge in [0.1, 0.15) is 5.84 Å². The van der Waals surface area contributed by atoms with Crippen molar-refractivity contribution in [2.75, 3.05) is 24.2 Å². The molecular formula is C25H37N7O. The number of anilines is 2. The van der Waals surface area contributed by atoms with Crippen molar-refractivity contribution >= 4 is 23.4 Å². The number of hydrogen-bond donors (Lipinski definition) is 6. The van der Waals surface area contributed by atoms with Gasteiger partial charge in [-0.15, -0.1) is 0 Å². The lowest BCUT2D eigenvalue weighted by Gasteiger charge is -2.32. The van der Waals surface area contributed by atoms with E-state index in [9.17, 15) is 5.11 Å². The third-order valence-corrected chi connectivity index (χ3v) is 5.85. The minimum atomic E-state index is -0.181. The molecule has 0 heterocycles. The standard InChI is InChI=1S/C25H37N7O/c1-5-30-25(31-20-7-9-23(28)19(11-20)12-26)24(16(2)3)22-8-6-18(10-17(22)4)14-32(29)21(13-27)15-33/h5,7,9,11-13,18,26,33H,1,6,8,10,14-15,27-29H2,2-4H3,(H,30,31)/b21-13-,26-12?. The number of aliphatic hydroxyl groups is 1. The quantitative estimate of drug-likeness (QED) is 0.111. The van der Waals surface area contributed by atoms with Crippen LogP contribution in [0.1, 0.15) is 45.6 Å². The van der Waals surface area contributed by atoms with Gasteiger partial charge >= 0.3 is 0 Å². The van der Waals surface area contributed by atoms with Gasteiger partial charge < -0.3 is 32.3 Å². The van der Waals surface area contributed by atoms with E-state index in [0.29, 0.717) is 35.2 Å². The molecule has 33 heavy (non-hydrogen) atoms. The highest BCUT2D eigenvalue weighted by Crippen LogP contribution is 2.36. The summed E-state index contributed by atoms with van der Waals surface area (Å²) in [6, 6.07) is 5.49. The third kappa shape index (κ3) is 6.57. The number of aliphatic hydroxyl groups excluding tert-OH is 1. The summed E-state index contributed by atoms with van der Waals surface area (Å²) in [5.74, 6) is 7.18. The Hall–Kier alpha value is -3.36. The van der Waals surface area contributed by atoms with Crippen molar-refractivity contribution in [2.45, 2.75) is 40.0 Å². The first-order chi connectivity index (χ1) is 15.7. The molecule has 8 nitrogen and oxygen atoms in total. The minimum Gasteiger partial charge on any atom is -0.403 e. The zero-order valence-corrected chi connectivity index (χ0v) is 19.9. The molecule has 0 spiro atoms. The number of nitrogens with zero attached hydrogens (tertiary/aromatic N) is 2. The average molecular weight is 452 g/mol. The average Bonchev–Trinajstić information content (AvgIpc) is 2.77. The van der Waals surface area contributed by atoms with Gasteiger partial charge in [0.25, 0.3) is 0 Å². The maximum Gasteiger partial charge on any atom is 0.137 e. The Bertz CT molecular complexity index is 1000. The van der Waals surface area contributed by atoms with Crippen LogP contribution in [0.3, 0.4) is 0 Å². The number of rotatable bonds is 9. The number of nitrogens with one attached hydrogen (secondary N) is 2. The van der Waals surface area contributed by atoms with E-state index in [1.807, 2.05) is 12.1 Å². The lowest BCUT2D eigenvalue weighted by atomic mass is 9.80. The van der Waals surface area contributed by atoms with Crippen LogP contribution in [0, 0.1) is 11.3 Å². The maximum atomic E-state index is 9.40. The van der Waals surface area contributed by atoms with E-state index in [-0.39, 0.29) is 6.61 Å². The molecule has 0 aliphatic heterocycles. The molecule has 178 valence electrons. The monoisotopic (exact) mass is 451 g/mol. The molecule has 1 aliphatic rings. The van der Waals surface area contributed by atoms with Gasteiger partial charge in [0.2, 0.25) is 0 Å². The minimum absolute atomic E-state index is 0.181. The largest absolute Gasteiger partial charge is 0.403 e. The van der Waals surface area contributed by atoms with E-state index in [0.717, 1.165) is 36.1 Å². The van der Waals surface area contributed by atoms with E-state index < -0.39 is 0 Å². The second kappa shape index (κ2) is 12.0. The summed E-state index contributed by atoms with van der Waals surface area (Å²) >= 11 is 0. The fourth-order valence-corrected chi connectivity index (χ4v) is 4.20. The first-order valence-corrected chi connectivity index (χ1v) is 11.0. The molecule has 0 aromatic heterocycles. The normalized spacial score (nSPS) is 16.9. The van der Waals surface area contributed by atoms with Crippen molar-refractivity contribution in [1.29, 1.82) is 5.41 Å². The van der Waals surface area contributed by atoms with Gasteiger partial charge in [-0.05, 0) is 69.7 Å². The van der Waals surface area contributed by atoms with Crippen LogP contribution in [0.5, 0.6) is 0 Å². The molecule has 1 atom stereocenters. The van der Waals surface area contributed by atoms with Crippen molar-refractivity contribution < 1.29 is 5.11 Å². The SMILES string of the molecule is C=CN=C(Nc1ccc(N)c(C=N)c1)C(=C(C)C)C1=C(C)CC(CN(N)/C(=C\N)CO)CC1. The molecule has 9 N–H and O–H groups in total. The van der Waals surface area contributed by atoms with Crippen molar-refractivity contribution in [3.8, 4) is 0 Å². The van der Waals surface area contributed by atoms with Gasteiger partial charge in [0.15, 0.2) is 0 Å². The highest BCUT2D eigenvalue weighted by molar-refractivity contribution is 6.12. The summed E-state index contributed by atoms with van der Waals surface area (Å²) in [7, 11) is 0. The van der Waals surface area contributed by atoms with Crippen LogP contribution in [0.15, 0.2) is 70.2 Å². The lowest BCUT2D eigenvalue weighted by Crippen LogP contribution is -2.37. The second-order valence-corrected chi connectivity index (χ2v) is 8.48. The van der Waals surface area contributed by atoms with Gasteiger partial charge in [0, 0.05) is 47.7 Å². The molecule has 1 aromatic rings. The Morgan fingerprint density at radius 2 is 2.12 bits per heavy atom. The molecule has 0 saturated heterocycles. The number of aliphatic imine (C=N–C) groups is 1. The molecule has 0 fully saturated rings.